The number of hydrogen-bond acceptors (Lipinski definition) is 1. The molecular formula is C12H10ClNO. The third-order valence-corrected chi connectivity index (χ3v) is 3.31. The highest BCUT2D eigenvalue weighted by atomic mass is 35.5. The van der Waals surface area contributed by atoms with Gasteiger partial charge in [0.1, 0.15) is 0 Å². The standard InChI is InChI=1S/C12H10ClNO/c13-7-10-6-9-3-1-2-8-4-5-14(11(8)9)12(10)15/h1-3,6H,4-5,7H2. The lowest BCUT2D eigenvalue weighted by molar-refractivity contribution is 0.736. The van der Waals surface area contributed by atoms with Crippen molar-refractivity contribution in [3.05, 3.63) is 45.7 Å². The minimum absolute atomic E-state index is 0.0717. The maximum atomic E-state index is 12.0. The number of nitrogens with zero attached hydrogens (tertiary/aromatic N) is 1. The van der Waals surface area contributed by atoms with E-state index in [1.165, 1.54) is 5.56 Å². The summed E-state index contributed by atoms with van der Waals surface area (Å²) in [5, 5.41) is 1.13. The van der Waals surface area contributed by atoms with E-state index < -0.39 is 0 Å². The molecule has 0 atom stereocenters. The van der Waals surface area contributed by atoms with E-state index in [1.54, 1.807) is 0 Å². The third kappa shape index (κ3) is 1.15. The first-order valence-electron chi connectivity index (χ1n) is 5.01. The number of rotatable bonds is 1. The molecule has 0 saturated heterocycles. The number of aryl methyl sites for hydroxylation is 2. The average molecular weight is 220 g/mol. The molecule has 0 amide bonds. The van der Waals surface area contributed by atoms with Crippen LogP contribution in [-0.4, -0.2) is 4.57 Å². The minimum atomic E-state index is 0.0717. The summed E-state index contributed by atoms with van der Waals surface area (Å²) in [6, 6.07) is 8.08. The lowest BCUT2D eigenvalue weighted by Crippen LogP contribution is -2.21. The van der Waals surface area contributed by atoms with Crippen LogP contribution in [0.2, 0.25) is 0 Å². The highest BCUT2D eigenvalue weighted by molar-refractivity contribution is 6.17. The fraction of sp³-hybridized carbons (Fsp3) is 0.250. The first-order chi connectivity index (χ1) is 7.31. The molecule has 0 bridgehead atoms. The Morgan fingerprint density at radius 2 is 2.27 bits per heavy atom. The Labute approximate surface area is 92.1 Å². The van der Waals surface area contributed by atoms with Gasteiger partial charge in [-0.15, -0.1) is 11.6 Å². The van der Waals surface area contributed by atoms with Crippen LogP contribution >= 0.6 is 11.6 Å². The number of hydrogen-bond donors (Lipinski definition) is 0. The topological polar surface area (TPSA) is 22.0 Å². The average Bonchev–Trinajstić information content (AvgIpc) is 2.69. The van der Waals surface area contributed by atoms with E-state index in [0.717, 1.165) is 23.9 Å². The molecule has 3 heteroatoms. The van der Waals surface area contributed by atoms with Gasteiger partial charge in [0.2, 0.25) is 0 Å². The summed E-state index contributed by atoms with van der Waals surface area (Å²) in [6.07, 6.45) is 0.957. The Morgan fingerprint density at radius 1 is 1.40 bits per heavy atom. The molecule has 0 spiro atoms. The molecule has 2 heterocycles. The number of alkyl halides is 1. The number of para-hydroxylation sites is 1. The summed E-state index contributed by atoms with van der Waals surface area (Å²) in [4.78, 5) is 12.0. The zero-order valence-corrected chi connectivity index (χ0v) is 8.92. The second-order valence-corrected chi connectivity index (χ2v) is 4.13. The van der Waals surface area contributed by atoms with Crippen molar-refractivity contribution in [1.29, 1.82) is 0 Å². The van der Waals surface area contributed by atoms with Crippen molar-refractivity contribution in [1.82, 2.24) is 4.57 Å². The normalized spacial score (nSPS) is 13.7. The molecule has 0 fully saturated rings. The first kappa shape index (κ1) is 8.98. The largest absolute Gasteiger partial charge is 0.307 e. The molecule has 1 aliphatic rings. The molecule has 0 unspecified atom stereocenters. The second kappa shape index (κ2) is 3.11. The molecule has 1 aromatic heterocycles. The van der Waals surface area contributed by atoms with Gasteiger partial charge in [0.05, 0.1) is 11.4 Å². The molecule has 15 heavy (non-hydrogen) atoms. The van der Waals surface area contributed by atoms with E-state index in [2.05, 4.69) is 6.07 Å². The maximum Gasteiger partial charge on any atom is 0.255 e. The van der Waals surface area contributed by atoms with E-state index >= 15 is 0 Å². The van der Waals surface area contributed by atoms with Crippen molar-refractivity contribution in [2.24, 2.45) is 0 Å². The van der Waals surface area contributed by atoms with Gasteiger partial charge in [-0.25, -0.2) is 0 Å². The Bertz CT molecular complexity index is 600. The highest BCUT2D eigenvalue weighted by Gasteiger charge is 2.16. The molecule has 1 aromatic carbocycles. The van der Waals surface area contributed by atoms with Crippen LogP contribution in [0.1, 0.15) is 11.1 Å². The smallest absolute Gasteiger partial charge is 0.255 e. The summed E-state index contributed by atoms with van der Waals surface area (Å²) < 4.78 is 1.85. The van der Waals surface area contributed by atoms with Gasteiger partial charge in [-0.05, 0) is 23.4 Å². The number of pyridine rings is 1. The van der Waals surface area contributed by atoms with Crippen molar-refractivity contribution in [3.63, 3.8) is 0 Å². The molecule has 3 rings (SSSR count). The van der Waals surface area contributed by atoms with Gasteiger partial charge < -0.3 is 4.57 Å². The lowest BCUT2D eigenvalue weighted by Gasteiger charge is -2.05. The van der Waals surface area contributed by atoms with E-state index in [1.807, 2.05) is 22.8 Å². The van der Waals surface area contributed by atoms with Crippen LogP contribution in [0, 0.1) is 0 Å². The monoisotopic (exact) mass is 219 g/mol. The second-order valence-electron chi connectivity index (χ2n) is 3.86. The number of aromatic nitrogens is 1. The van der Waals surface area contributed by atoms with Crippen molar-refractivity contribution in [2.45, 2.75) is 18.8 Å². The summed E-state index contributed by atoms with van der Waals surface area (Å²) in [6.45, 7) is 0.791. The third-order valence-electron chi connectivity index (χ3n) is 3.02. The van der Waals surface area contributed by atoms with Crippen LogP contribution in [0.15, 0.2) is 29.1 Å². The number of benzene rings is 1. The van der Waals surface area contributed by atoms with E-state index in [4.69, 9.17) is 11.6 Å². The molecule has 0 N–H and O–H groups in total. The molecule has 2 nitrogen and oxygen atoms in total. The zero-order valence-electron chi connectivity index (χ0n) is 8.16. The van der Waals surface area contributed by atoms with Crippen LogP contribution in [0.5, 0.6) is 0 Å². The van der Waals surface area contributed by atoms with Crippen molar-refractivity contribution < 1.29 is 0 Å². The summed E-state index contributed by atoms with van der Waals surface area (Å²) >= 11 is 5.77. The Morgan fingerprint density at radius 3 is 3.07 bits per heavy atom. The molecule has 76 valence electrons. The first-order valence-corrected chi connectivity index (χ1v) is 5.55. The fourth-order valence-electron chi connectivity index (χ4n) is 2.32. The van der Waals surface area contributed by atoms with Crippen molar-refractivity contribution in [3.8, 4) is 0 Å². The van der Waals surface area contributed by atoms with Gasteiger partial charge in [-0.1, -0.05) is 18.2 Å². The minimum Gasteiger partial charge on any atom is -0.307 e. The Hall–Kier alpha value is -1.28. The summed E-state index contributed by atoms with van der Waals surface area (Å²) in [7, 11) is 0. The van der Waals surface area contributed by atoms with E-state index in [-0.39, 0.29) is 5.56 Å². The molecule has 0 saturated carbocycles. The van der Waals surface area contributed by atoms with Gasteiger partial charge in [0.15, 0.2) is 0 Å². The lowest BCUT2D eigenvalue weighted by atomic mass is 10.1. The Balaban J connectivity index is 2.52. The Kier molecular flexibility index (Phi) is 1.86. The SMILES string of the molecule is O=c1c(CCl)cc2cccc3c2n1CC3. The van der Waals surface area contributed by atoms with Crippen LogP contribution in [0.3, 0.4) is 0 Å². The van der Waals surface area contributed by atoms with Crippen molar-refractivity contribution in [2.75, 3.05) is 0 Å². The van der Waals surface area contributed by atoms with Crippen LogP contribution in [0.25, 0.3) is 10.9 Å². The van der Waals surface area contributed by atoms with Crippen molar-refractivity contribution >= 4 is 22.5 Å². The van der Waals surface area contributed by atoms with Gasteiger partial charge in [-0.2, -0.15) is 0 Å². The number of halogens is 1. The van der Waals surface area contributed by atoms with Gasteiger partial charge in [-0.3, -0.25) is 4.79 Å². The molecule has 1 aliphatic heterocycles. The van der Waals surface area contributed by atoms with E-state index in [0.29, 0.717) is 11.4 Å². The fourth-order valence-corrected chi connectivity index (χ4v) is 2.52. The van der Waals surface area contributed by atoms with Gasteiger partial charge in [0.25, 0.3) is 5.56 Å². The maximum absolute atomic E-state index is 12.0. The molecular weight excluding hydrogens is 210 g/mol. The molecule has 0 radical (unpaired) electrons. The predicted molar refractivity (Wildman–Crippen MR) is 61.5 cm³/mol. The predicted octanol–water partition coefficient (Wildman–Crippen LogP) is 2.30. The molecule has 2 aromatic rings. The van der Waals surface area contributed by atoms with Crippen LogP contribution < -0.4 is 5.56 Å². The highest BCUT2D eigenvalue weighted by Crippen LogP contribution is 2.24. The van der Waals surface area contributed by atoms with Gasteiger partial charge >= 0.3 is 0 Å². The van der Waals surface area contributed by atoms with Gasteiger partial charge in [0, 0.05) is 12.1 Å². The van der Waals surface area contributed by atoms with E-state index in [9.17, 15) is 4.79 Å². The quantitative estimate of drug-likeness (QED) is 0.675. The zero-order chi connectivity index (χ0) is 10.4. The molecule has 0 aliphatic carbocycles. The van der Waals surface area contributed by atoms with Crippen LogP contribution in [-0.2, 0) is 18.8 Å². The summed E-state index contributed by atoms with van der Waals surface area (Å²) in [5.74, 6) is 0.291. The summed E-state index contributed by atoms with van der Waals surface area (Å²) in [5.41, 5.74) is 3.13. The van der Waals surface area contributed by atoms with Crippen LogP contribution in [0.4, 0.5) is 0 Å².